The van der Waals surface area contributed by atoms with E-state index in [0.29, 0.717) is 0 Å². The number of hydrogen-bond donors (Lipinski definition) is 1. The third-order valence-corrected chi connectivity index (χ3v) is 4.24. The molecule has 2 nitrogen and oxygen atoms in total. The zero-order valence-electron chi connectivity index (χ0n) is 8.99. The van der Waals surface area contributed by atoms with Crippen LogP contribution in [0.1, 0.15) is 0 Å². The molecule has 2 N–H and O–H groups in total. The molecule has 0 aliphatic rings. The van der Waals surface area contributed by atoms with Gasteiger partial charge in [0.05, 0.1) is 0 Å². The summed E-state index contributed by atoms with van der Waals surface area (Å²) >= 11 is 1.09. The van der Waals surface area contributed by atoms with Crippen LogP contribution >= 0.6 is 0 Å². The molecule has 0 spiro atoms. The predicted octanol–water partition coefficient (Wildman–Crippen LogP) is 1.71. The molecule has 1 heterocycles. The zero-order chi connectivity index (χ0) is 11.3. The molecular formula is C13H11N2Pb. The Labute approximate surface area is 110 Å². The van der Waals surface area contributed by atoms with Crippen LogP contribution in [0.4, 0.5) is 5.69 Å². The molecule has 0 amide bonds. The maximum absolute atomic E-state index is 5.86. The van der Waals surface area contributed by atoms with Gasteiger partial charge in [-0.2, -0.15) is 0 Å². The third-order valence-electron chi connectivity index (χ3n) is 3.03. The van der Waals surface area contributed by atoms with Crippen molar-refractivity contribution in [2.24, 2.45) is 7.05 Å². The van der Waals surface area contributed by atoms with Gasteiger partial charge in [-0.1, -0.05) is 0 Å². The molecule has 16 heavy (non-hydrogen) atoms. The van der Waals surface area contributed by atoms with Gasteiger partial charge in [-0.05, 0) is 0 Å². The number of fused-ring (bicyclic) bond motifs is 3. The number of aryl methyl sites for hydroxylation is 1. The summed E-state index contributed by atoms with van der Waals surface area (Å²) in [4.78, 5) is 0. The van der Waals surface area contributed by atoms with Crippen molar-refractivity contribution in [3.05, 3.63) is 36.4 Å². The molecule has 0 fully saturated rings. The van der Waals surface area contributed by atoms with Crippen LogP contribution in [0.5, 0.6) is 0 Å². The third kappa shape index (κ3) is 1.36. The standard InChI is InChI=1S/C13H11N2.Pb/c1-15-12-5-3-2-4-10(12)11-8-9(14)6-7-13(11)15;/h3-8H,14H2,1H3;. The zero-order valence-corrected chi connectivity index (χ0v) is 12.9. The van der Waals surface area contributed by atoms with Gasteiger partial charge < -0.3 is 0 Å². The Morgan fingerprint density at radius 1 is 1.00 bits per heavy atom. The number of benzene rings is 2. The minimum atomic E-state index is 0.832. The number of nitrogens with zero attached hydrogens (tertiary/aromatic N) is 1. The Kier molecular flexibility index (Phi) is 2.21. The van der Waals surface area contributed by atoms with Gasteiger partial charge in [0.1, 0.15) is 0 Å². The van der Waals surface area contributed by atoms with Crippen LogP contribution in [0, 0.1) is 0 Å². The Bertz CT molecular complexity index is 639. The second kappa shape index (κ2) is 3.48. The molecule has 3 rings (SSSR count). The van der Waals surface area contributed by atoms with Gasteiger partial charge in [-0.15, -0.1) is 0 Å². The Balaban J connectivity index is 2.60. The van der Waals surface area contributed by atoms with Gasteiger partial charge in [0.15, 0.2) is 0 Å². The van der Waals surface area contributed by atoms with Gasteiger partial charge in [-0.3, -0.25) is 0 Å². The van der Waals surface area contributed by atoms with Crippen LogP contribution < -0.4 is 8.86 Å². The van der Waals surface area contributed by atoms with E-state index in [-0.39, 0.29) is 0 Å². The van der Waals surface area contributed by atoms with E-state index in [1.807, 2.05) is 6.07 Å². The summed E-state index contributed by atoms with van der Waals surface area (Å²) in [6.45, 7) is 0. The SMILES string of the molecule is Cn1c2ccc(N)cc2c2c[c]([Pb])ccc21. The summed E-state index contributed by atoms with van der Waals surface area (Å²) in [7, 11) is 2.10. The van der Waals surface area contributed by atoms with E-state index < -0.39 is 0 Å². The van der Waals surface area contributed by atoms with Crippen LogP contribution in [0.3, 0.4) is 0 Å². The fraction of sp³-hybridized carbons (Fsp3) is 0.0769. The number of aromatic nitrogens is 1. The number of nitrogens with two attached hydrogens (primary N) is 1. The molecule has 0 aliphatic heterocycles. The first-order valence-corrected chi connectivity index (χ1v) is 7.10. The molecule has 0 bridgehead atoms. The van der Waals surface area contributed by atoms with E-state index in [4.69, 9.17) is 5.73 Å². The van der Waals surface area contributed by atoms with Crippen molar-refractivity contribution in [2.75, 3.05) is 5.73 Å². The first kappa shape index (κ1) is 10.1. The van der Waals surface area contributed by atoms with Crippen LogP contribution in [-0.4, -0.2) is 30.3 Å². The molecule has 77 valence electrons. The summed E-state index contributed by atoms with van der Waals surface area (Å²) < 4.78 is 3.65. The van der Waals surface area contributed by atoms with E-state index >= 15 is 0 Å². The molecule has 3 aromatic rings. The second-order valence-corrected chi connectivity index (χ2v) is 6.31. The minimum absolute atomic E-state index is 0.832. The summed E-state index contributed by atoms with van der Waals surface area (Å²) in [6.07, 6.45) is 0. The summed E-state index contributed by atoms with van der Waals surface area (Å²) in [5, 5.41) is 2.58. The van der Waals surface area contributed by atoms with Crippen molar-refractivity contribution in [1.82, 2.24) is 4.57 Å². The average Bonchev–Trinajstić information content (AvgIpc) is 2.52. The first-order valence-electron chi connectivity index (χ1n) is 5.16. The van der Waals surface area contributed by atoms with Crippen LogP contribution in [0.15, 0.2) is 36.4 Å². The van der Waals surface area contributed by atoms with E-state index in [2.05, 4.69) is 41.9 Å². The fourth-order valence-electron chi connectivity index (χ4n) is 2.24. The van der Waals surface area contributed by atoms with E-state index in [0.717, 1.165) is 31.5 Å². The van der Waals surface area contributed by atoms with Crippen LogP contribution in [0.2, 0.25) is 0 Å². The van der Waals surface area contributed by atoms with Crippen molar-refractivity contribution in [1.29, 1.82) is 0 Å². The number of nitrogen functional groups attached to an aromatic ring is 1. The molecule has 0 saturated heterocycles. The Morgan fingerprint density at radius 2 is 1.62 bits per heavy atom. The number of rotatable bonds is 0. The van der Waals surface area contributed by atoms with E-state index in [1.165, 1.54) is 24.9 Å². The second-order valence-electron chi connectivity index (χ2n) is 4.07. The normalized spacial score (nSPS) is 11.4. The van der Waals surface area contributed by atoms with E-state index in [1.54, 1.807) is 0 Å². The molecule has 0 saturated carbocycles. The number of anilines is 1. The molecule has 3 radical (unpaired) electrons. The Morgan fingerprint density at radius 3 is 2.38 bits per heavy atom. The molecular weight excluding hydrogens is 391 g/mol. The number of hydrogen-bond acceptors (Lipinski definition) is 1. The molecule has 0 atom stereocenters. The van der Waals surface area contributed by atoms with Crippen molar-refractivity contribution in [3.8, 4) is 0 Å². The van der Waals surface area contributed by atoms with Crippen molar-refractivity contribution >= 4 is 56.4 Å². The quantitative estimate of drug-likeness (QED) is 0.451. The summed E-state index contributed by atoms with van der Waals surface area (Å²) in [5.41, 5.74) is 9.22. The monoisotopic (exact) mass is 403 g/mol. The van der Waals surface area contributed by atoms with Gasteiger partial charge in [0, 0.05) is 0 Å². The van der Waals surface area contributed by atoms with Gasteiger partial charge in [0.25, 0.3) is 0 Å². The summed E-state index contributed by atoms with van der Waals surface area (Å²) in [5.74, 6) is 0. The van der Waals surface area contributed by atoms with Crippen molar-refractivity contribution < 1.29 is 0 Å². The predicted molar refractivity (Wildman–Crippen MR) is 70.2 cm³/mol. The van der Waals surface area contributed by atoms with Gasteiger partial charge >= 0.3 is 110 Å². The van der Waals surface area contributed by atoms with Gasteiger partial charge in [0.2, 0.25) is 0 Å². The van der Waals surface area contributed by atoms with Crippen molar-refractivity contribution in [2.45, 2.75) is 0 Å². The van der Waals surface area contributed by atoms with E-state index in [9.17, 15) is 0 Å². The van der Waals surface area contributed by atoms with Crippen LogP contribution in [-0.2, 0) is 7.05 Å². The molecule has 0 aliphatic carbocycles. The van der Waals surface area contributed by atoms with Crippen LogP contribution in [0.25, 0.3) is 21.8 Å². The average molecular weight is 402 g/mol. The molecule has 3 heteroatoms. The molecule has 2 aromatic carbocycles. The first-order chi connectivity index (χ1) is 7.66. The Hall–Kier alpha value is -1.04. The molecule has 0 unspecified atom stereocenters. The van der Waals surface area contributed by atoms with Crippen molar-refractivity contribution in [3.63, 3.8) is 0 Å². The topological polar surface area (TPSA) is 30.9 Å². The summed E-state index contributed by atoms with van der Waals surface area (Å²) in [6, 6.07) is 12.8. The van der Waals surface area contributed by atoms with Gasteiger partial charge in [-0.25, -0.2) is 0 Å². The fourth-order valence-corrected chi connectivity index (χ4v) is 3.12. The maximum atomic E-state index is 5.86. The molecule has 1 aromatic heterocycles.